The lowest BCUT2D eigenvalue weighted by Crippen LogP contribution is -2.18. The fourth-order valence-electron chi connectivity index (χ4n) is 1.19. The fourth-order valence-corrected chi connectivity index (χ4v) is 5.84. The van der Waals surface area contributed by atoms with Crippen LogP contribution in [0, 0.1) is 0 Å². The van der Waals surface area contributed by atoms with Gasteiger partial charge in [-0.25, -0.2) is 9.59 Å². The maximum absolute atomic E-state index is 11.6. The van der Waals surface area contributed by atoms with E-state index in [2.05, 4.69) is 0 Å². The van der Waals surface area contributed by atoms with Gasteiger partial charge in [-0.15, -0.1) is 0 Å². The molecule has 0 atom stereocenters. The van der Waals surface area contributed by atoms with Crippen LogP contribution in [0.1, 0.15) is 53.4 Å². The zero-order valence-corrected chi connectivity index (χ0v) is 17.4. The Bertz CT molecular complexity index is 315. The normalized spacial score (nSPS) is 11.3. The monoisotopic (exact) mass is 402 g/mol. The highest BCUT2D eigenvalue weighted by Crippen LogP contribution is 2.50. The first-order valence-corrected chi connectivity index (χ1v) is 12.0. The van der Waals surface area contributed by atoms with E-state index in [1.807, 2.05) is 27.7 Å². The number of carbonyl (C=O) groups is 2. The predicted octanol–water partition coefficient (Wildman–Crippen LogP) is 6.33. The van der Waals surface area contributed by atoms with E-state index >= 15 is 0 Å². The summed E-state index contributed by atoms with van der Waals surface area (Å²) in [6, 6.07) is 0. The van der Waals surface area contributed by atoms with Gasteiger partial charge in [-0.1, -0.05) is 26.7 Å². The van der Waals surface area contributed by atoms with E-state index in [1.165, 1.54) is 21.6 Å². The molecule has 0 aliphatic rings. The van der Waals surface area contributed by atoms with Crippen LogP contribution in [-0.2, 0) is 14.2 Å². The zero-order valence-electron chi connectivity index (χ0n) is 14.1. The first-order valence-electron chi connectivity index (χ1n) is 7.66. The van der Waals surface area contributed by atoms with Crippen molar-refractivity contribution in [3.63, 3.8) is 0 Å². The molecule has 0 saturated carbocycles. The van der Waals surface area contributed by atoms with Gasteiger partial charge in [-0.2, -0.15) is 0 Å². The Morgan fingerprint density at radius 3 is 1.65 bits per heavy atom. The number of hydrogen-bond acceptors (Lipinski definition) is 9. The van der Waals surface area contributed by atoms with E-state index in [-0.39, 0.29) is 10.6 Å². The molecule has 0 spiro atoms. The van der Waals surface area contributed by atoms with Crippen molar-refractivity contribution in [2.45, 2.75) is 57.6 Å². The Hall–Kier alpha value is 0.300. The lowest BCUT2D eigenvalue weighted by Gasteiger charge is -2.25. The van der Waals surface area contributed by atoms with Crippen LogP contribution >= 0.6 is 43.2 Å². The number of unbranched alkanes of at least 4 members (excludes halogenated alkanes) is 2. The van der Waals surface area contributed by atoms with Crippen LogP contribution in [-0.4, -0.2) is 34.7 Å². The van der Waals surface area contributed by atoms with Gasteiger partial charge in [0, 0.05) is 28.2 Å². The molecule has 0 aromatic rings. The smallest absolute Gasteiger partial charge is 0.378 e. The first-order chi connectivity index (χ1) is 11.0. The Balaban J connectivity index is 4.17. The second-order valence-electron chi connectivity index (χ2n) is 4.53. The summed E-state index contributed by atoms with van der Waals surface area (Å²) in [5.74, 6) is 0. The Morgan fingerprint density at radius 1 is 0.870 bits per heavy atom. The molecule has 5 nitrogen and oxygen atoms in total. The summed E-state index contributed by atoms with van der Waals surface area (Å²) in [6.45, 7) is 9.11. The molecule has 0 fully saturated rings. The fraction of sp³-hybridized carbons (Fsp3) is 0.857. The molecule has 0 N–H and O–H groups in total. The minimum absolute atomic E-state index is 0.342. The summed E-state index contributed by atoms with van der Waals surface area (Å²) in [5.41, 5.74) is 0. The number of ether oxygens (including phenoxy) is 3. The van der Waals surface area contributed by atoms with Crippen molar-refractivity contribution in [2.75, 3.05) is 19.8 Å². The molecule has 0 radical (unpaired) electrons. The van der Waals surface area contributed by atoms with Crippen molar-refractivity contribution in [1.82, 2.24) is 0 Å². The van der Waals surface area contributed by atoms with Crippen LogP contribution in [0.15, 0.2) is 0 Å². The van der Waals surface area contributed by atoms with Crippen LogP contribution < -0.4 is 0 Å². The van der Waals surface area contributed by atoms with Gasteiger partial charge in [0.25, 0.3) is 0 Å². The molecule has 0 bridgehead atoms. The van der Waals surface area contributed by atoms with Gasteiger partial charge >= 0.3 is 10.6 Å². The average Bonchev–Trinajstić information content (AvgIpc) is 2.52. The van der Waals surface area contributed by atoms with Gasteiger partial charge in [0.15, 0.2) is 4.27 Å². The maximum atomic E-state index is 11.6. The van der Waals surface area contributed by atoms with E-state index in [1.54, 1.807) is 0 Å². The van der Waals surface area contributed by atoms with Crippen molar-refractivity contribution >= 4 is 53.8 Å². The Labute approximate surface area is 154 Å². The molecule has 0 amide bonds. The maximum Gasteiger partial charge on any atom is 0.378 e. The third-order valence-electron chi connectivity index (χ3n) is 2.36. The lowest BCUT2D eigenvalue weighted by atomic mass is 10.4. The van der Waals surface area contributed by atoms with Gasteiger partial charge in [0.1, 0.15) is 0 Å². The van der Waals surface area contributed by atoms with Gasteiger partial charge in [-0.3, -0.25) is 0 Å². The Morgan fingerprint density at radius 2 is 1.30 bits per heavy atom. The molecule has 0 saturated heterocycles. The van der Waals surface area contributed by atoms with E-state index in [9.17, 15) is 9.59 Å². The van der Waals surface area contributed by atoms with Crippen molar-refractivity contribution in [2.24, 2.45) is 0 Å². The average molecular weight is 403 g/mol. The topological polar surface area (TPSA) is 61.8 Å². The van der Waals surface area contributed by atoms with Gasteiger partial charge in [0.2, 0.25) is 0 Å². The SMILES string of the molecule is CCCCOC(=O)SSC(C)(OCC)SSC(=O)OCCCC. The van der Waals surface area contributed by atoms with Crippen molar-refractivity contribution in [1.29, 1.82) is 0 Å². The van der Waals surface area contributed by atoms with E-state index < -0.39 is 4.27 Å². The van der Waals surface area contributed by atoms with Crippen LogP contribution in [0.5, 0.6) is 0 Å². The molecule has 0 aromatic carbocycles. The van der Waals surface area contributed by atoms with Crippen LogP contribution in [0.2, 0.25) is 0 Å². The zero-order chi connectivity index (χ0) is 17.6. The van der Waals surface area contributed by atoms with Crippen molar-refractivity contribution < 1.29 is 23.8 Å². The third-order valence-corrected chi connectivity index (χ3v) is 8.24. The summed E-state index contributed by atoms with van der Waals surface area (Å²) >= 11 is 0. The molecule has 23 heavy (non-hydrogen) atoms. The molecule has 0 rings (SSSR count). The highest BCUT2D eigenvalue weighted by atomic mass is 33.1. The van der Waals surface area contributed by atoms with Crippen LogP contribution in [0.4, 0.5) is 9.59 Å². The van der Waals surface area contributed by atoms with Crippen LogP contribution in [0.25, 0.3) is 0 Å². The number of carbonyl (C=O) groups excluding carboxylic acids is 2. The highest BCUT2D eigenvalue weighted by Gasteiger charge is 2.31. The van der Waals surface area contributed by atoms with E-state index in [4.69, 9.17) is 14.2 Å². The second-order valence-corrected chi connectivity index (χ2v) is 9.68. The quantitative estimate of drug-likeness (QED) is 0.161. The summed E-state index contributed by atoms with van der Waals surface area (Å²) in [6.07, 6.45) is 3.67. The van der Waals surface area contributed by atoms with E-state index in [0.717, 1.165) is 47.3 Å². The predicted molar refractivity (Wildman–Crippen MR) is 103 cm³/mol. The largest absolute Gasteiger partial charge is 0.457 e. The molecule has 0 aliphatic carbocycles. The first kappa shape index (κ1) is 23.3. The minimum Gasteiger partial charge on any atom is -0.457 e. The number of hydrogen-bond donors (Lipinski definition) is 0. The summed E-state index contributed by atoms with van der Waals surface area (Å²) in [5, 5.41) is -0.684. The molecule has 0 aromatic heterocycles. The minimum atomic E-state index is -0.738. The standard InChI is InChI=1S/C14H26O5S4/c1-5-8-10-17-12(15)20-22-14(4,19-7-3)23-21-13(16)18-11-9-6-2/h5-11H2,1-4H3. The number of rotatable bonds is 12. The molecule has 9 heteroatoms. The summed E-state index contributed by atoms with van der Waals surface area (Å²) in [7, 11) is 4.46. The summed E-state index contributed by atoms with van der Waals surface area (Å²) in [4.78, 5) is 23.3. The molecular weight excluding hydrogens is 376 g/mol. The van der Waals surface area contributed by atoms with Crippen LogP contribution in [0.3, 0.4) is 0 Å². The molecule has 0 aliphatic heterocycles. The molecule has 0 unspecified atom stereocenters. The lowest BCUT2D eigenvalue weighted by molar-refractivity contribution is 0.116. The van der Waals surface area contributed by atoms with Crippen molar-refractivity contribution in [3.05, 3.63) is 0 Å². The van der Waals surface area contributed by atoms with Crippen molar-refractivity contribution in [3.8, 4) is 0 Å². The Kier molecular flexibility index (Phi) is 14.8. The highest BCUT2D eigenvalue weighted by molar-refractivity contribution is 8.90. The molecule has 0 heterocycles. The third kappa shape index (κ3) is 13.3. The molecule has 136 valence electrons. The summed E-state index contributed by atoms with van der Waals surface area (Å²) < 4.78 is 15.1. The van der Waals surface area contributed by atoms with E-state index in [0.29, 0.717) is 19.8 Å². The van der Waals surface area contributed by atoms with Gasteiger partial charge in [-0.05, 0) is 48.3 Å². The molecular formula is C14H26O5S4. The van der Waals surface area contributed by atoms with Gasteiger partial charge < -0.3 is 14.2 Å². The second kappa shape index (κ2) is 14.6. The van der Waals surface area contributed by atoms with Gasteiger partial charge in [0.05, 0.1) is 13.2 Å².